The van der Waals surface area contributed by atoms with Crippen LogP contribution in [-0.2, 0) is 13.1 Å². The number of fused-ring (bicyclic) bond motifs is 1. The summed E-state index contributed by atoms with van der Waals surface area (Å²) < 4.78 is 24.2. The summed E-state index contributed by atoms with van der Waals surface area (Å²) in [6.07, 6.45) is 0. The van der Waals surface area contributed by atoms with E-state index in [0.717, 1.165) is 28.3 Å². The molecule has 0 unspecified atom stereocenters. The number of hydrogen-bond acceptors (Lipinski definition) is 8. The molecular weight excluding hydrogens is 458 g/mol. The summed E-state index contributed by atoms with van der Waals surface area (Å²) >= 11 is 0. The van der Waals surface area contributed by atoms with Crippen LogP contribution in [-0.4, -0.2) is 33.6 Å². The summed E-state index contributed by atoms with van der Waals surface area (Å²) in [7, 11) is 0. The van der Waals surface area contributed by atoms with Crippen molar-refractivity contribution in [1.29, 1.82) is 0 Å². The second-order valence-electron chi connectivity index (χ2n) is 7.32. The Labute approximate surface area is 203 Å². The van der Waals surface area contributed by atoms with Gasteiger partial charge >= 0.3 is 6.01 Å². The third-order valence-electron chi connectivity index (χ3n) is 5.05. The molecule has 0 amide bonds. The van der Waals surface area contributed by atoms with Crippen LogP contribution >= 0.6 is 12.4 Å². The van der Waals surface area contributed by atoms with E-state index < -0.39 is 0 Å². The molecule has 1 aliphatic heterocycles. The lowest BCUT2D eigenvalue weighted by Crippen LogP contribution is -2.12. The van der Waals surface area contributed by atoms with E-state index in [1.807, 2.05) is 73.7 Å². The Kier molecular flexibility index (Phi) is 7.46. The first-order valence-corrected chi connectivity index (χ1v) is 10.7. The van der Waals surface area contributed by atoms with Crippen LogP contribution in [0.2, 0.25) is 0 Å². The van der Waals surface area contributed by atoms with E-state index >= 15 is 0 Å². The van der Waals surface area contributed by atoms with Crippen molar-refractivity contribution in [2.75, 3.05) is 13.4 Å². The Bertz CT molecular complexity index is 1240. The fourth-order valence-electron chi connectivity index (χ4n) is 3.49. The van der Waals surface area contributed by atoms with Gasteiger partial charge in [-0.25, -0.2) is 0 Å². The van der Waals surface area contributed by atoms with Crippen molar-refractivity contribution in [2.24, 2.45) is 0 Å². The van der Waals surface area contributed by atoms with Crippen LogP contribution in [0.4, 0.5) is 0 Å². The van der Waals surface area contributed by atoms with Gasteiger partial charge in [0.2, 0.25) is 6.79 Å². The molecule has 176 valence electrons. The van der Waals surface area contributed by atoms with Gasteiger partial charge in [0, 0.05) is 13.1 Å². The Morgan fingerprint density at radius 1 is 0.912 bits per heavy atom. The topological polar surface area (TPSA) is 92.6 Å². The number of ether oxygens (including phenoxy) is 4. The SMILES string of the molecule is CCOc1cc(CNCc2ccc3c(c2)OCO3)ccc1Oc1nnnn1-c1ccccc1.Cl. The molecule has 4 aromatic rings. The molecule has 0 fully saturated rings. The minimum Gasteiger partial charge on any atom is -0.490 e. The molecule has 9 nitrogen and oxygen atoms in total. The standard InChI is InChI=1S/C24H23N5O4.ClH/c1-2-30-23-13-18(15-25-14-17-8-10-20-22(12-17)32-16-31-20)9-11-21(23)33-24-26-27-28-29(24)19-6-4-3-5-7-19;/h3-13,25H,2,14-16H2,1H3;1H. The molecule has 0 spiro atoms. The minimum atomic E-state index is 0. The molecule has 5 rings (SSSR count). The second kappa shape index (κ2) is 10.9. The first-order valence-electron chi connectivity index (χ1n) is 10.7. The zero-order valence-corrected chi connectivity index (χ0v) is 19.3. The van der Waals surface area contributed by atoms with Gasteiger partial charge in [-0.05, 0) is 64.9 Å². The molecule has 34 heavy (non-hydrogen) atoms. The van der Waals surface area contributed by atoms with Crippen LogP contribution < -0.4 is 24.3 Å². The summed E-state index contributed by atoms with van der Waals surface area (Å²) in [5.41, 5.74) is 2.99. The Morgan fingerprint density at radius 2 is 1.68 bits per heavy atom. The highest BCUT2D eigenvalue weighted by atomic mass is 35.5. The fourth-order valence-corrected chi connectivity index (χ4v) is 3.49. The van der Waals surface area contributed by atoms with Crippen molar-refractivity contribution in [3.05, 3.63) is 77.9 Å². The number of rotatable bonds is 9. The summed E-state index contributed by atoms with van der Waals surface area (Å²) in [4.78, 5) is 0. The van der Waals surface area contributed by atoms with Gasteiger partial charge in [0.15, 0.2) is 23.0 Å². The van der Waals surface area contributed by atoms with Crippen molar-refractivity contribution in [1.82, 2.24) is 25.5 Å². The molecular formula is C24H24ClN5O4. The molecule has 1 aromatic heterocycles. The lowest BCUT2D eigenvalue weighted by molar-refractivity contribution is 0.174. The smallest absolute Gasteiger partial charge is 0.346 e. The van der Waals surface area contributed by atoms with Crippen molar-refractivity contribution in [3.63, 3.8) is 0 Å². The summed E-state index contributed by atoms with van der Waals surface area (Å²) in [5, 5.41) is 15.2. The molecule has 0 radical (unpaired) electrons. The molecule has 0 saturated heterocycles. The van der Waals surface area contributed by atoms with Crippen molar-refractivity contribution >= 4 is 12.4 Å². The van der Waals surface area contributed by atoms with E-state index in [0.29, 0.717) is 31.2 Å². The van der Waals surface area contributed by atoms with E-state index in [1.54, 1.807) is 0 Å². The lowest BCUT2D eigenvalue weighted by atomic mass is 10.1. The highest BCUT2D eigenvalue weighted by Gasteiger charge is 2.15. The van der Waals surface area contributed by atoms with Gasteiger partial charge in [-0.15, -0.1) is 12.4 Å². The monoisotopic (exact) mass is 481 g/mol. The van der Waals surface area contributed by atoms with Gasteiger partial charge in [-0.1, -0.05) is 35.4 Å². The Morgan fingerprint density at radius 3 is 2.50 bits per heavy atom. The Hall–Kier alpha value is -3.82. The predicted octanol–water partition coefficient (Wildman–Crippen LogP) is 4.29. The van der Waals surface area contributed by atoms with Gasteiger partial charge in [-0.2, -0.15) is 4.68 Å². The average molecular weight is 482 g/mol. The molecule has 1 N–H and O–H groups in total. The van der Waals surface area contributed by atoms with E-state index in [9.17, 15) is 0 Å². The number of hydrogen-bond donors (Lipinski definition) is 1. The maximum atomic E-state index is 6.01. The van der Waals surface area contributed by atoms with Gasteiger partial charge in [0.25, 0.3) is 0 Å². The van der Waals surface area contributed by atoms with Gasteiger partial charge in [0.05, 0.1) is 12.3 Å². The zero-order chi connectivity index (χ0) is 22.5. The highest BCUT2D eigenvalue weighted by Crippen LogP contribution is 2.33. The highest BCUT2D eigenvalue weighted by molar-refractivity contribution is 5.85. The first-order chi connectivity index (χ1) is 16.3. The molecule has 0 saturated carbocycles. The van der Waals surface area contributed by atoms with E-state index in [1.165, 1.54) is 4.68 Å². The van der Waals surface area contributed by atoms with Gasteiger partial charge in [0.1, 0.15) is 0 Å². The van der Waals surface area contributed by atoms with E-state index in [-0.39, 0.29) is 25.2 Å². The molecule has 3 aromatic carbocycles. The number of para-hydroxylation sites is 1. The predicted molar refractivity (Wildman–Crippen MR) is 127 cm³/mol. The van der Waals surface area contributed by atoms with Gasteiger partial charge < -0.3 is 24.3 Å². The molecule has 0 aliphatic carbocycles. The largest absolute Gasteiger partial charge is 0.490 e. The number of tetrazole rings is 1. The number of nitrogens with one attached hydrogen (secondary N) is 1. The molecule has 10 heteroatoms. The van der Waals surface area contributed by atoms with E-state index in [2.05, 4.69) is 20.8 Å². The maximum Gasteiger partial charge on any atom is 0.346 e. The first kappa shape index (κ1) is 23.3. The summed E-state index contributed by atoms with van der Waals surface area (Å²) in [5.74, 6) is 2.74. The van der Waals surface area contributed by atoms with Gasteiger partial charge in [-0.3, -0.25) is 0 Å². The third-order valence-corrected chi connectivity index (χ3v) is 5.05. The van der Waals surface area contributed by atoms with Crippen molar-refractivity contribution in [3.8, 4) is 34.7 Å². The average Bonchev–Trinajstić information content (AvgIpc) is 3.50. The number of halogens is 1. The van der Waals surface area contributed by atoms with E-state index in [4.69, 9.17) is 18.9 Å². The normalized spacial score (nSPS) is 11.7. The van der Waals surface area contributed by atoms with Crippen molar-refractivity contribution < 1.29 is 18.9 Å². The molecule has 2 heterocycles. The lowest BCUT2D eigenvalue weighted by Gasteiger charge is -2.13. The molecule has 0 atom stereocenters. The minimum absolute atomic E-state index is 0. The quantitative estimate of drug-likeness (QED) is 0.378. The maximum absolute atomic E-state index is 6.01. The number of benzene rings is 3. The van der Waals surface area contributed by atoms with Crippen LogP contribution in [0, 0.1) is 0 Å². The van der Waals surface area contributed by atoms with Crippen LogP contribution in [0.15, 0.2) is 66.7 Å². The second-order valence-corrected chi connectivity index (χ2v) is 7.32. The number of aromatic nitrogens is 4. The number of nitrogens with zero attached hydrogens (tertiary/aromatic N) is 4. The molecule has 0 bridgehead atoms. The Balaban J connectivity index is 0.00000274. The van der Waals surface area contributed by atoms with Crippen LogP contribution in [0.25, 0.3) is 5.69 Å². The van der Waals surface area contributed by atoms with Crippen LogP contribution in [0.3, 0.4) is 0 Å². The summed E-state index contributed by atoms with van der Waals surface area (Å²) in [6.45, 7) is 4.08. The fraction of sp³-hybridized carbons (Fsp3) is 0.208. The van der Waals surface area contributed by atoms with Crippen LogP contribution in [0.5, 0.6) is 29.0 Å². The zero-order valence-electron chi connectivity index (χ0n) is 18.5. The van der Waals surface area contributed by atoms with Crippen molar-refractivity contribution in [2.45, 2.75) is 20.0 Å². The van der Waals surface area contributed by atoms with Crippen LogP contribution in [0.1, 0.15) is 18.1 Å². The summed E-state index contributed by atoms with van der Waals surface area (Å²) in [6, 6.07) is 21.6. The third kappa shape index (κ3) is 5.22. The molecule has 1 aliphatic rings.